The fraction of sp³-hybridized carbons (Fsp3) is 0.167. The van der Waals surface area contributed by atoms with Gasteiger partial charge in [-0.1, -0.05) is 18.2 Å². The van der Waals surface area contributed by atoms with Crippen LogP contribution in [0.5, 0.6) is 17.2 Å². The van der Waals surface area contributed by atoms with Crippen molar-refractivity contribution in [2.45, 2.75) is 12.1 Å². The maximum Gasteiger partial charge on any atom is 0.271 e. The zero-order chi connectivity index (χ0) is 21.1. The first-order valence-corrected chi connectivity index (χ1v) is 9.42. The van der Waals surface area contributed by atoms with Gasteiger partial charge >= 0.3 is 0 Å². The van der Waals surface area contributed by atoms with E-state index in [1.807, 2.05) is 48.5 Å². The van der Waals surface area contributed by atoms with Crippen LogP contribution in [0.1, 0.15) is 17.2 Å². The van der Waals surface area contributed by atoms with Gasteiger partial charge in [-0.2, -0.15) is 5.26 Å². The molecule has 0 saturated carbocycles. The van der Waals surface area contributed by atoms with Crippen LogP contribution in [0.25, 0.3) is 0 Å². The highest BCUT2D eigenvalue weighted by Crippen LogP contribution is 2.42. The highest BCUT2D eigenvalue weighted by molar-refractivity contribution is 6.05. The predicted molar refractivity (Wildman–Crippen MR) is 112 cm³/mol. The van der Waals surface area contributed by atoms with E-state index in [1.165, 1.54) is 0 Å². The van der Waals surface area contributed by atoms with Crippen LogP contribution in [0.4, 0.5) is 5.69 Å². The molecule has 1 heterocycles. The SMILES string of the molecule is COc1ccc([C@@H]2[C@@H](Oc3cccc(C#N)c3)C(=O)N2c2ccc(OC)cc2)cc1. The normalized spacial score (nSPS) is 17.6. The van der Waals surface area contributed by atoms with Crippen LogP contribution in [0, 0.1) is 11.3 Å². The summed E-state index contributed by atoms with van der Waals surface area (Å²) in [7, 11) is 3.21. The van der Waals surface area contributed by atoms with E-state index in [9.17, 15) is 4.79 Å². The number of ether oxygens (including phenoxy) is 3. The van der Waals surface area contributed by atoms with Crippen molar-refractivity contribution in [2.24, 2.45) is 0 Å². The van der Waals surface area contributed by atoms with Crippen molar-refractivity contribution < 1.29 is 19.0 Å². The molecule has 3 aromatic rings. The molecule has 30 heavy (non-hydrogen) atoms. The molecule has 4 rings (SSSR count). The molecule has 1 amide bonds. The molecule has 0 bridgehead atoms. The topological polar surface area (TPSA) is 71.8 Å². The quantitative estimate of drug-likeness (QED) is 0.582. The third-order valence-electron chi connectivity index (χ3n) is 5.08. The Hall–Kier alpha value is -3.98. The van der Waals surface area contributed by atoms with E-state index in [1.54, 1.807) is 43.4 Å². The van der Waals surface area contributed by atoms with Crippen molar-refractivity contribution in [1.82, 2.24) is 0 Å². The number of benzene rings is 3. The summed E-state index contributed by atoms with van der Waals surface area (Å²) in [6.07, 6.45) is -0.700. The molecule has 0 N–H and O–H groups in total. The highest BCUT2D eigenvalue weighted by Gasteiger charge is 2.51. The summed E-state index contributed by atoms with van der Waals surface area (Å²) < 4.78 is 16.5. The number of nitrogens with zero attached hydrogens (tertiary/aromatic N) is 2. The Labute approximate surface area is 174 Å². The van der Waals surface area contributed by atoms with Crippen molar-refractivity contribution in [2.75, 3.05) is 19.1 Å². The fourth-order valence-electron chi connectivity index (χ4n) is 3.52. The number of methoxy groups -OCH3 is 2. The summed E-state index contributed by atoms with van der Waals surface area (Å²) in [5.74, 6) is 1.79. The van der Waals surface area contributed by atoms with E-state index in [0.29, 0.717) is 17.1 Å². The average molecular weight is 400 g/mol. The molecular formula is C24H20N2O4. The summed E-state index contributed by atoms with van der Waals surface area (Å²) in [6, 6.07) is 23.5. The van der Waals surface area contributed by atoms with Gasteiger partial charge in [0.25, 0.3) is 5.91 Å². The van der Waals surface area contributed by atoms with Gasteiger partial charge in [-0.05, 0) is 60.2 Å². The minimum atomic E-state index is -0.700. The zero-order valence-corrected chi connectivity index (χ0v) is 16.6. The van der Waals surface area contributed by atoms with Gasteiger partial charge in [-0.25, -0.2) is 0 Å². The van der Waals surface area contributed by atoms with E-state index in [-0.39, 0.29) is 11.9 Å². The van der Waals surface area contributed by atoms with Crippen LogP contribution in [0.3, 0.4) is 0 Å². The molecule has 0 spiro atoms. The molecule has 0 radical (unpaired) electrons. The van der Waals surface area contributed by atoms with Crippen molar-refractivity contribution >= 4 is 11.6 Å². The number of rotatable bonds is 6. The molecule has 1 saturated heterocycles. The van der Waals surface area contributed by atoms with E-state index in [2.05, 4.69) is 6.07 Å². The minimum absolute atomic E-state index is 0.150. The first kappa shape index (κ1) is 19.3. The number of hydrogen-bond acceptors (Lipinski definition) is 5. The number of hydrogen-bond donors (Lipinski definition) is 0. The van der Waals surface area contributed by atoms with Gasteiger partial charge in [-0.15, -0.1) is 0 Å². The lowest BCUT2D eigenvalue weighted by molar-refractivity contribution is -0.135. The number of carbonyl (C=O) groups excluding carboxylic acids is 1. The van der Waals surface area contributed by atoms with Crippen LogP contribution in [0.2, 0.25) is 0 Å². The molecule has 0 aromatic heterocycles. The third-order valence-corrected chi connectivity index (χ3v) is 5.08. The molecule has 3 aromatic carbocycles. The Kier molecular flexibility index (Phi) is 5.27. The van der Waals surface area contributed by atoms with Gasteiger partial charge in [0.15, 0.2) is 0 Å². The molecule has 150 valence electrons. The second-order valence-corrected chi connectivity index (χ2v) is 6.80. The van der Waals surface area contributed by atoms with Gasteiger partial charge in [-0.3, -0.25) is 9.69 Å². The molecule has 0 aliphatic carbocycles. The number of anilines is 1. The Morgan fingerprint density at radius 3 is 2.10 bits per heavy atom. The lowest BCUT2D eigenvalue weighted by atomic mass is 9.89. The van der Waals surface area contributed by atoms with Gasteiger partial charge in [0.2, 0.25) is 6.10 Å². The lowest BCUT2D eigenvalue weighted by Gasteiger charge is -2.46. The van der Waals surface area contributed by atoms with E-state index < -0.39 is 6.10 Å². The summed E-state index contributed by atoms with van der Waals surface area (Å²) >= 11 is 0. The Bertz CT molecular complexity index is 1090. The maximum atomic E-state index is 13.1. The minimum Gasteiger partial charge on any atom is -0.497 e. The van der Waals surface area contributed by atoms with Crippen LogP contribution >= 0.6 is 0 Å². The number of amides is 1. The smallest absolute Gasteiger partial charge is 0.271 e. The van der Waals surface area contributed by atoms with Gasteiger partial charge < -0.3 is 14.2 Å². The molecule has 6 heteroatoms. The van der Waals surface area contributed by atoms with Crippen LogP contribution in [0.15, 0.2) is 72.8 Å². The van der Waals surface area contributed by atoms with Gasteiger partial charge in [0.05, 0.1) is 25.9 Å². The Morgan fingerprint density at radius 2 is 1.50 bits per heavy atom. The molecule has 1 aliphatic heterocycles. The van der Waals surface area contributed by atoms with Crippen LogP contribution < -0.4 is 19.1 Å². The molecule has 0 unspecified atom stereocenters. The largest absolute Gasteiger partial charge is 0.497 e. The van der Waals surface area contributed by atoms with E-state index in [0.717, 1.165) is 17.0 Å². The highest BCUT2D eigenvalue weighted by atomic mass is 16.5. The van der Waals surface area contributed by atoms with Crippen molar-refractivity contribution in [3.63, 3.8) is 0 Å². The summed E-state index contributed by atoms with van der Waals surface area (Å²) in [4.78, 5) is 14.8. The third kappa shape index (κ3) is 3.53. The summed E-state index contributed by atoms with van der Waals surface area (Å²) in [5, 5.41) is 9.13. The van der Waals surface area contributed by atoms with Gasteiger partial charge in [0, 0.05) is 5.69 Å². The van der Waals surface area contributed by atoms with Crippen molar-refractivity contribution in [1.29, 1.82) is 5.26 Å². The molecule has 2 atom stereocenters. The lowest BCUT2D eigenvalue weighted by Crippen LogP contribution is -2.61. The van der Waals surface area contributed by atoms with E-state index in [4.69, 9.17) is 19.5 Å². The molecule has 1 fully saturated rings. The number of nitriles is 1. The van der Waals surface area contributed by atoms with Crippen LogP contribution in [-0.2, 0) is 4.79 Å². The van der Waals surface area contributed by atoms with Gasteiger partial charge in [0.1, 0.15) is 23.3 Å². The first-order chi connectivity index (χ1) is 14.6. The Morgan fingerprint density at radius 1 is 0.867 bits per heavy atom. The maximum absolute atomic E-state index is 13.1. The zero-order valence-electron chi connectivity index (χ0n) is 16.6. The monoisotopic (exact) mass is 400 g/mol. The standard InChI is InChI=1S/C24H20N2O4/c1-28-19-10-6-17(7-11-19)22-23(30-21-5-3-4-16(14-21)15-25)24(27)26(22)18-8-12-20(29-2)13-9-18/h3-14,22-23H,1-2H3/t22-,23-/m1/s1. The summed E-state index contributed by atoms with van der Waals surface area (Å²) in [5.41, 5.74) is 2.16. The fourth-order valence-corrected chi connectivity index (χ4v) is 3.52. The number of β-lactam (4-membered cyclic amide) rings is 1. The van der Waals surface area contributed by atoms with Crippen molar-refractivity contribution in [3.8, 4) is 23.3 Å². The second kappa shape index (κ2) is 8.18. The van der Waals surface area contributed by atoms with Crippen molar-refractivity contribution in [3.05, 3.63) is 83.9 Å². The predicted octanol–water partition coefficient (Wildman–Crippen LogP) is 4.11. The summed E-state index contributed by atoms with van der Waals surface area (Å²) in [6.45, 7) is 0. The second-order valence-electron chi connectivity index (χ2n) is 6.80. The first-order valence-electron chi connectivity index (χ1n) is 9.42. The average Bonchev–Trinajstić information content (AvgIpc) is 2.81. The molecule has 1 aliphatic rings. The molecular weight excluding hydrogens is 380 g/mol. The number of carbonyl (C=O) groups is 1. The van der Waals surface area contributed by atoms with E-state index >= 15 is 0 Å². The van der Waals surface area contributed by atoms with Crippen LogP contribution in [-0.4, -0.2) is 26.2 Å². The Balaban J connectivity index is 1.67. The molecule has 6 nitrogen and oxygen atoms in total.